The van der Waals surface area contributed by atoms with Crippen LogP contribution in [0.5, 0.6) is 0 Å². The molecule has 4 heteroatoms. The Labute approximate surface area is 63.4 Å². The number of rotatable bonds is 1. The van der Waals surface area contributed by atoms with Crippen LogP contribution in [-0.4, -0.2) is 21.4 Å². The van der Waals surface area contributed by atoms with E-state index in [1.807, 2.05) is 0 Å². The minimum absolute atomic E-state index is 0.389. The lowest BCUT2D eigenvalue weighted by atomic mass is 10.2. The highest BCUT2D eigenvalue weighted by Crippen LogP contribution is 2.22. The van der Waals surface area contributed by atoms with E-state index in [4.69, 9.17) is 5.21 Å². The lowest BCUT2D eigenvalue weighted by molar-refractivity contribution is 0.109. The van der Waals surface area contributed by atoms with Crippen LogP contribution in [-0.2, 0) is 12.8 Å². The van der Waals surface area contributed by atoms with Crippen molar-refractivity contribution in [3.8, 4) is 0 Å². The highest BCUT2D eigenvalue weighted by molar-refractivity contribution is 5.75. The van der Waals surface area contributed by atoms with E-state index in [9.17, 15) is 4.79 Å². The molecule has 0 saturated carbocycles. The molecule has 1 aromatic rings. The Bertz CT molecular complexity index is 304. The standard InChI is InChI=1S/C7H8N2O2/c10-4-6-5-2-1-3-7(5)9(11)8-6/h4,11H,1-3H2. The lowest BCUT2D eigenvalue weighted by Crippen LogP contribution is -1.98. The van der Waals surface area contributed by atoms with Crippen molar-refractivity contribution >= 4 is 6.29 Å². The maximum absolute atomic E-state index is 10.4. The van der Waals surface area contributed by atoms with Crippen LogP contribution in [0.25, 0.3) is 0 Å². The first kappa shape index (κ1) is 6.39. The molecule has 0 aromatic carbocycles. The van der Waals surface area contributed by atoms with Crippen molar-refractivity contribution in [1.29, 1.82) is 0 Å². The predicted octanol–water partition coefficient (Wildman–Crippen LogP) is 0.422. The fraction of sp³-hybridized carbons (Fsp3) is 0.429. The van der Waals surface area contributed by atoms with Crippen molar-refractivity contribution < 1.29 is 10.0 Å². The summed E-state index contributed by atoms with van der Waals surface area (Å²) in [4.78, 5) is 11.2. The average molecular weight is 152 g/mol. The number of hydrogen-bond acceptors (Lipinski definition) is 3. The summed E-state index contributed by atoms with van der Waals surface area (Å²) in [6.07, 6.45) is 3.39. The molecule has 0 atom stereocenters. The van der Waals surface area contributed by atoms with Crippen LogP contribution in [0.1, 0.15) is 28.2 Å². The molecule has 1 aliphatic carbocycles. The zero-order valence-electron chi connectivity index (χ0n) is 5.95. The summed E-state index contributed by atoms with van der Waals surface area (Å²) in [6.45, 7) is 0. The van der Waals surface area contributed by atoms with Crippen molar-refractivity contribution in [3.05, 3.63) is 17.0 Å². The Morgan fingerprint density at radius 1 is 1.55 bits per heavy atom. The van der Waals surface area contributed by atoms with E-state index in [2.05, 4.69) is 5.10 Å². The number of aldehydes is 1. The number of fused-ring (bicyclic) bond motifs is 1. The third kappa shape index (κ3) is 0.753. The molecule has 2 rings (SSSR count). The summed E-state index contributed by atoms with van der Waals surface area (Å²) >= 11 is 0. The molecule has 1 aliphatic rings. The predicted molar refractivity (Wildman–Crippen MR) is 36.8 cm³/mol. The minimum Gasteiger partial charge on any atom is -0.411 e. The lowest BCUT2D eigenvalue weighted by Gasteiger charge is -1.90. The third-order valence-electron chi connectivity index (χ3n) is 2.05. The topological polar surface area (TPSA) is 55.1 Å². The van der Waals surface area contributed by atoms with Gasteiger partial charge in [-0.25, -0.2) is 0 Å². The molecule has 1 aromatic heterocycles. The fourth-order valence-electron chi connectivity index (χ4n) is 1.54. The van der Waals surface area contributed by atoms with Crippen LogP contribution < -0.4 is 0 Å². The van der Waals surface area contributed by atoms with E-state index >= 15 is 0 Å². The molecule has 0 amide bonds. The van der Waals surface area contributed by atoms with E-state index in [1.165, 1.54) is 0 Å². The van der Waals surface area contributed by atoms with Crippen LogP contribution in [0, 0.1) is 0 Å². The van der Waals surface area contributed by atoms with E-state index in [0.717, 1.165) is 35.4 Å². The number of carbonyl (C=O) groups excluding carboxylic acids is 1. The highest BCUT2D eigenvalue weighted by atomic mass is 16.5. The summed E-state index contributed by atoms with van der Waals surface area (Å²) < 4.78 is 0. The number of aromatic nitrogens is 2. The maximum atomic E-state index is 10.4. The van der Waals surface area contributed by atoms with E-state index < -0.39 is 0 Å². The number of hydrogen-bond donors (Lipinski definition) is 1. The molecule has 0 spiro atoms. The maximum Gasteiger partial charge on any atom is 0.170 e. The van der Waals surface area contributed by atoms with Crippen molar-refractivity contribution in [2.45, 2.75) is 19.3 Å². The van der Waals surface area contributed by atoms with Gasteiger partial charge in [0.25, 0.3) is 0 Å². The molecular weight excluding hydrogens is 144 g/mol. The van der Waals surface area contributed by atoms with Crippen molar-refractivity contribution in [3.63, 3.8) is 0 Å². The van der Waals surface area contributed by atoms with Gasteiger partial charge in [-0.15, -0.1) is 9.94 Å². The Hall–Kier alpha value is -1.32. The molecule has 4 nitrogen and oxygen atoms in total. The summed E-state index contributed by atoms with van der Waals surface area (Å²) in [5, 5.41) is 12.8. The summed E-state index contributed by atoms with van der Waals surface area (Å²) in [7, 11) is 0. The third-order valence-corrected chi connectivity index (χ3v) is 2.05. The van der Waals surface area contributed by atoms with Gasteiger partial charge in [0, 0.05) is 5.56 Å². The molecule has 1 heterocycles. The van der Waals surface area contributed by atoms with Crippen LogP contribution in [0.15, 0.2) is 0 Å². The normalized spacial score (nSPS) is 14.9. The van der Waals surface area contributed by atoms with Crippen molar-refractivity contribution in [2.75, 3.05) is 0 Å². The molecule has 0 unspecified atom stereocenters. The molecule has 58 valence electrons. The molecule has 0 saturated heterocycles. The second-order valence-corrected chi connectivity index (χ2v) is 2.67. The molecule has 0 aliphatic heterocycles. The molecule has 0 fully saturated rings. The monoisotopic (exact) mass is 152 g/mol. The SMILES string of the molecule is O=Cc1nn(O)c2c1CCC2. The van der Waals surface area contributed by atoms with Gasteiger partial charge in [-0.05, 0) is 19.3 Å². The first-order valence-corrected chi connectivity index (χ1v) is 3.58. The van der Waals surface area contributed by atoms with Crippen LogP contribution >= 0.6 is 0 Å². The Morgan fingerprint density at radius 2 is 2.36 bits per heavy atom. The number of carbonyl (C=O) groups is 1. The Morgan fingerprint density at radius 3 is 3.09 bits per heavy atom. The van der Waals surface area contributed by atoms with Gasteiger partial charge in [0.15, 0.2) is 6.29 Å². The van der Waals surface area contributed by atoms with Gasteiger partial charge in [0.05, 0.1) is 5.69 Å². The molecule has 1 N–H and O–H groups in total. The van der Waals surface area contributed by atoms with Gasteiger partial charge < -0.3 is 5.21 Å². The van der Waals surface area contributed by atoms with E-state index in [-0.39, 0.29) is 0 Å². The van der Waals surface area contributed by atoms with Gasteiger partial charge >= 0.3 is 0 Å². The van der Waals surface area contributed by atoms with Gasteiger partial charge in [0.2, 0.25) is 0 Å². The zero-order valence-corrected chi connectivity index (χ0v) is 5.95. The van der Waals surface area contributed by atoms with Crippen LogP contribution in [0.3, 0.4) is 0 Å². The second kappa shape index (κ2) is 2.08. The van der Waals surface area contributed by atoms with Gasteiger partial charge in [-0.1, -0.05) is 0 Å². The van der Waals surface area contributed by atoms with Gasteiger partial charge in [-0.3, -0.25) is 4.79 Å². The van der Waals surface area contributed by atoms with Crippen LogP contribution in [0.4, 0.5) is 0 Å². The Kier molecular flexibility index (Phi) is 1.21. The average Bonchev–Trinajstić information content (AvgIpc) is 2.54. The molecule has 0 radical (unpaired) electrons. The zero-order chi connectivity index (χ0) is 7.84. The molecule has 11 heavy (non-hydrogen) atoms. The van der Waals surface area contributed by atoms with E-state index in [1.54, 1.807) is 0 Å². The van der Waals surface area contributed by atoms with Gasteiger partial charge in [0.1, 0.15) is 5.69 Å². The van der Waals surface area contributed by atoms with Crippen molar-refractivity contribution in [1.82, 2.24) is 9.94 Å². The smallest absolute Gasteiger partial charge is 0.170 e. The summed E-state index contributed by atoms with van der Waals surface area (Å²) in [5.74, 6) is 0. The number of nitrogens with zero attached hydrogens (tertiary/aromatic N) is 2. The molecule has 0 bridgehead atoms. The van der Waals surface area contributed by atoms with E-state index in [0.29, 0.717) is 12.0 Å². The quantitative estimate of drug-likeness (QED) is 0.468. The summed E-state index contributed by atoms with van der Waals surface area (Å²) in [5.41, 5.74) is 2.11. The van der Waals surface area contributed by atoms with Gasteiger partial charge in [-0.2, -0.15) is 0 Å². The molecular formula is C7H8N2O2. The second-order valence-electron chi connectivity index (χ2n) is 2.67. The van der Waals surface area contributed by atoms with Crippen molar-refractivity contribution in [2.24, 2.45) is 0 Å². The minimum atomic E-state index is 0.389. The first-order valence-electron chi connectivity index (χ1n) is 3.58. The first-order chi connectivity index (χ1) is 5.33. The summed E-state index contributed by atoms with van der Waals surface area (Å²) in [6, 6.07) is 0. The van der Waals surface area contributed by atoms with Crippen LogP contribution in [0.2, 0.25) is 0 Å². The largest absolute Gasteiger partial charge is 0.411 e. The highest BCUT2D eigenvalue weighted by Gasteiger charge is 2.21. The Balaban J connectivity index is 2.60. The fourth-order valence-corrected chi connectivity index (χ4v) is 1.54.